The molecule has 0 bridgehead atoms. The van der Waals surface area contributed by atoms with E-state index in [4.69, 9.17) is 5.73 Å². The van der Waals surface area contributed by atoms with Crippen LogP contribution in [0.25, 0.3) is 0 Å². The Labute approximate surface area is 197 Å². The minimum absolute atomic E-state index is 0.0240. The number of piperidine rings is 1. The maximum atomic E-state index is 11.6. The number of carbonyl (C=O) groups excluding carboxylic acids is 1. The van der Waals surface area contributed by atoms with Crippen molar-refractivity contribution in [2.24, 2.45) is 11.7 Å². The first-order valence-corrected chi connectivity index (χ1v) is 12.0. The lowest BCUT2D eigenvalue weighted by Crippen LogP contribution is -2.39. The van der Waals surface area contributed by atoms with Gasteiger partial charge >= 0.3 is 0 Å². The molecule has 1 fully saturated rings. The Morgan fingerprint density at radius 2 is 1.06 bits per heavy atom. The summed E-state index contributed by atoms with van der Waals surface area (Å²) in [5.41, 5.74) is 12.6. The molecule has 2 N–H and O–H groups in total. The Morgan fingerprint density at radius 1 is 0.667 bits per heavy atom. The van der Waals surface area contributed by atoms with E-state index in [1.807, 2.05) is 0 Å². The summed E-state index contributed by atoms with van der Waals surface area (Å²) in [6.45, 7) is 2.79. The fraction of sp³-hybridized carbons (Fsp3) is 0.300. The Kier molecular flexibility index (Phi) is 8.10. The lowest BCUT2D eigenvalue weighted by atomic mass is 9.89. The minimum Gasteiger partial charge on any atom is -0.369 e. The van der Waals surface area contributed by atoms with E-state index >= 15 is 0 Å². The molecule has 33 heavy (non-hydrogen) atoms. The first-order valence-electron chi connectivity index (χ1n) is 12.0. The number of amides is 1. The van der Waals surface area contributed by atoms with Crippen LogP contribution >= 0.6 is 0 Å². The van der Waals surface area contributed by atoms with Crippen LogP contribution in [0.15, 0.2) is 102 Å². The van der Waals surface area contributed by atoms with Crippen LogP contribution in [0.4, 0.5) is 0 Å². The Hall–Kier alpha value is -3.17. The van der Waals surface area contributed by atoms with Crippen molar-refractivity contribution in [3.63, 3.8) is 0 Å². The molecule has 170 valence electrons. The maximum absolute atomic E-state index is 11.6. The molecular formula is C30H34N2O. The Balaban J connectivity index is 1.64. The number of nitrogens with zero attached hydrogens (tertiary/aromatic N) is 1. The highest BCUT2D eigenvalue weighted by Crippen LogP contribution is 2.24. The van der Waals surface area contributed by atoms with E-state index in [1.165, 1.54) is 27.8 Å². The summed E-state index contributed by atoms with van der Waals surface area (Å²) in [5.74, 6) is -0.126. The first kappa shape index (κ1) is 23.0. The summed E-state index contributed by atoms with van der Waals surface area (Å²) in [4.78, 5) is 14.1. The maximum Gasteiger partial charge on any atom is 0.220 e. The third kappa shape index (κ3) is 6.90. The number of primary amides is 1. The van der Waals surface area contributed by atoms with Gasteiger partial charge in [0.25, 0.3) is 0 Å². The monoisotopic (exact) mass is 438 g/mol. The van der Waals surface area contributed by atoms with Gasteiger partial charge in [-0.15, -0.1) is 0 Å². The van der Waals surface area contributed by atoms with Crippen molar-refractivity contribution in [3.05, 3.63) is 119 Å². The summed E-state index contributed by atoms with van der Waals surface area (Å²) in [7, 11) is 0. The van der Waals surface area contributed by atoms with Crippen molar-refractivity contribution in [1.82, 2.24) is 4.90 Å². The van der Waals surface area contributed by atoms with Crippen molar-refractivity contribution in [2.75, 3.05) is 19.6 Å². The highest BCUT2D eigenvalue weighted by Gasteiger charge is 2.24. The van der Waals surface area contributed by atoms with Crippen molar-refractivity contribution in [2.45, 2.75) is 32.1 Å². The number of rotatable bonds is 9. The number of hydrogen-bond donors (Lipinski definition) is 1. The lowest BCUT2D eigenvalue weighted by Gasteiger charge is -2.32. The van der Waals surface area contributed by atoms with Crippen molar-refractivity contribution < 1.29 is 4.79 Å². The van der Waals surface area contributed by atoms with Gasteiger partial charge in [-0.1, -0.05) is 102 Å². The molecule has 4 rings (SSSR count). The third-order valence-electron chi connectivity index (χ3n) is 6.69. The molecule has 1 amide bonds. The van der Waals surface area contributed by atoms with Gasteiger partial charge in [0, 0.05) is 12.5 Å². The molecule has 3 aromatic carbocycles. The zero-order valence-corrected chi connectivity index (χ0v) is 19.3. The lowest BCUT2D eigenvalue weighted by molar-refractivity contribution is -0.123. The van der Waals surface area contributed by atoms with E-state index in [0.29, 0.717) is 0 Å². The van der Waals surface area contributed by atoms with Gasteiger partial charge in [-0.05, 0) is 61.9 Å². The van der Waals surface area contributed by atoms with Crippen molar-refractivity contribution >= 4 is 5.91 Å². The quantitative estimate of drug-likeness (QED) is 0.466. The van der Waals surface area contributed by atoms with Crippen LogP contribution in [0.2, 0.25) is 0 Å². The van der Waals surface area contributed by atoms with Crippen LogP contribution < -0.4 is 5.73 Å². The predicted molar refractivity (Wildman–Crippen MR) is 136 cm³/mol. The highest BCUT2D eigenvalue weighted by atomic mass is 16.1. The third-order valence-corrected chi connectivity index (χ3v) is 6.69. The molecule has 0 aromatic heterocycles. The highest BCUT2D eigenvalue weighted by molar-refractivity contribution is 5.76. The second-order valence-electron chi connectivity index (χ2n) is 9.15. The van der Waals surface area contributed by atoms with Crippen LogP contribution in [0.3, 0.4) is 0 Å². The van der Waals surface area contributed by atoms with Gasteiger partial charge in [0.2, 0.25) is 5.91 Å². The molecule has 1 heterocycles. The van der Waals surface area contributed by atoms with E-state index in [0.717, 1.165) is 51.7 Å². The second-order valence-corrected chi connectivity index (χ2v) is 9.15. The standard InChI is InChI=1S/C30H34N2O/c31-30(33)27-16-18-32(19-17-27)23-29(22-26-14-8-3-9-15-26)28(20-24-10-4-1-5-11-24)21-25-12-6-2-7-13-25/h1-15,27H,16-23H2,(H2,31,33). The molecule has 0 spiro atoms. The average Bonchev–Trinajstić information content (AvgIpc) is 2.85. The smallest absolute Gasteiger partial charge is 0.220 e. The van der Waals surface area contributed by atoms with Crippen LogP contribution in [0.1, 0.15) is 29.5 Å². The van der Waals surface area contributed by atoms with E-state index in [9.17, 15) is 4.79 Å². The molecule has 3 nitrogen and oxygen atoms in total. The summed E-state index contributed by atoms with van der Waals surface area (Å²) >= 11 is 0. The fourth-order valence-corrected chi connectivity index (χ4v) is 4.78. The number of benzene rings is 3. The van der Waals surface area contributed by atoms with Crippen LogP contribution in [0.5, 0.6) is 0 Å². The molecule has 1 saturated heterocycles. The Bertz CT molecular complexity index is 993. The largest absolute Gasteiger partial charge is 0.369 e. The topological polar surface area (TPSA) is 46.3 Å². The molecule has 0 atom stereocenters. The summed E-state index contributed by atoms with van der Waals surface area (Å²) in [6, 6.07) is 32.3. The van der Waals surface area contributed by atoms with Gasteiger partial charge < -0.3 is 5.73 Å². The van der Waals surface area contributed by atoms with Gasteiger partial charge in [-0.2, -0.15) is 0 Å². The molecule has 1 aliphatic rings. The SMILES string of the molecule is NC(=O)C1CCN(CC(Cc2ccccc2)=C(Cc2ccccc2)Cc2ccccc2)CC1. The molecule has 1 aliphatic heterocycles. The first-order chi connectivity index (χ1) is 16.2. The molecule has 0 aliphatic carbocycles. The molecule has 3 heteroatoms. The fourth-order valence-electron chi connectivity index (χ4n) is 4.78. The summed E-state index contributed by atoms with van der Waals surface area (Å²) < 4.78 is 0. The van der Waals surface area contributed by atoms with E-state index < -0.39 is 0 Å². The number of carbonyl (C=O) groups is 1. The van der Waals surface area contributed by atoms with E-state index in [1.54, 1.807) is 0 Å². The van der Waals surface area contributed by atoms with Gasteiger partial charge in [-0.3, -0.25) is 9.69 Å². The molecular weight excluding hydrogens is 404 g/mol. The van der Waals surface area contributed by atoms with E-state index in [2.05, 4.69) is 95.9 Å². The number of likely N-dealkylation sites (tertiary alicyclic amines) is 1. The minimum atomic E-state index is -0.149. The normalized spacial score (nSPS) is 14.7. The number of allylic oxidation sites excluding steroid dienone is 1. The van der Waals surface area contributed by atoms with Crippen LogP contribution in [0, 0.1) is 5.92 Å². The van der Waals surface area contributed by atoms with Gasteiger partial charge in [0.15, 0.2) is 0 Å². The zero-order chi connectivity index (χ0) is 22.9. The van der Waals surface area contributed by atoms with Gasteiger partial charge in [0.05, 0.1) is 0 Å². The zero-order valence-electron chi connectivity index (χ0n) is 19.3. The second kappa shape index (κ2) is 11.6. The number of hydrogen-bond acceptors (Lipinski definition) is 2. The molecule has 0 unspecified atom stereocenters. The summed E-state index contributed by atoms with van der Waals surface area (Å²) in [5, 5.41) is 0. The predicted octanol–water partition coefficient (Wildman–Crippen LogP) is 5.21. The van der Waals surface area contributed by atoms with Crippen LogP contribution in [-0.4, -0.2) is 30.4 Å². The van der Waals surface area contributed by atoms with Gasteiger partial charge in [0.1, 0.15) is 0 Å². The molecule has 3 aromatic rings. The molecule has 0 saturated carbocycles. The van der Waals surface area contributed by atoms with Gasteiger partial charge in [-0.25, -0.2) is 0 Å². The van der Waals surface area contributed by atoms with E-state index in [-0.39, 0.29) is 11.8 Å². The average molecular weight is 439 g/mol. The van der Waals surface area contributed by atoms with Crippen molar-refractivity contribution in [1.29, 1.82) is 0 Å². The van der Waals surface area contributed by atoms with Crippen LogP contribution in [-0.2, 0) is 24.1 Å². The van der Waals surface area contributed by atoms with Crippen molar-refractivity contribution in [3.8, 4) is 0 Å². The molecule has 0 radical (unpaired) electrons. The Morgan fingerprint density at radius 3 is 1.45 bits per heavy atom. The summed E-state index contributed by atoms with van der Waals surface area (Å²) in [6.07, 6.45) is 4.58. The number of nitrogens with two attached hydrogens (primary N) is 1.